The van der Waals surface area contributed by atoms with Gasteiger partial charge in [0.1, 0.15) is 19.8 Å². The average Bonchev–Trinajstić information content (AvgIpc) is 3.21. The van der Waals surface area contributed by atoms with Crippen LogP contribution in [0.3, 0.4) is 0 Å². The number of carbonyl (C=O) groups is 2. The Bertz CT molecular complexity index is 1030. The molecule has 0 aromatic heterocycles. The van der Waals surface area contributed by atoms with E-state index < -0.39 is 26.5 Å². The molecule has 61 heavy (non-hydrogen) atoms. The number of quaternary nitrogens is 1. The van der Waals surface area contributed by atoms with E-state index in [0.29, 0.717) is 23.9 Å². The molecule has 2 atom stereocenters. The number of likely N-dealkylation sites (N-methyl/N-ethyl adjacent to an activating group) is 1. The van der Waals surface area contributed by atoms with Gasteiger partial charge in [0.25, 0.3) is 0 Å². The lowest BCUT2D eigenvalue weighted by Gasteiger charge is -2.24. The van der Waals surface area contributed by atoms with Gasteiger partial charge < -0.3 is 18.9 Å². The predicted octanol–water partition coefficient (Wildman–Crippen LogP) is 15.3. The number of esters is 2. The molecule has 0 saturated carbocycles. The van der Waals surface area contributed by atoms with Crippen LogP contribution in [0.2, 0.25) is 0 Å². The molecule has 0 fully saturated rings. The van der Waals surface area contributed by atoms with Gasteiger partial charge in [-0.3, -0.25) is 18.6 Å². The maximum absolute atomic E-state index is 12.8. The summed E-state index contributed by atoms with van der Waals surface area (Å²) in [6, 6.07) is 0. The lowest BCUT2D eigenvalue weighted by Crippen LogP contribution is -2.37. The van der Waals surface area contributed by atoms with Crippen LogP contribution in [-0.2, 0) is 32.7 Å². The van der Waals surface area contributed by atoms with Gasteiger partial charge in [0.05, 0.1) is 27.7 Å². The largest absolute Gasteiger partial charge is 0.472 e. The smallest absolute Gasteiger partial charge is 0.462 e. The van der Waals surface area contributed by atoms with E-state index in [9.17, 15) is 19.0 Å². The fraction of sp³-hybridized carbons (Fsp3) is 0.922. The van der Waals surface area contributed by atoms with Gasteiger partial charge in [0.15, 0.2) is 6.10 Å². The summed E-state index contributed by atoms with van der Waals surface area (Å²) in [5, 5.41) is 0. The van der Waals surface area contributed by atoms with E-state index in [1.165, 1.54) is 186 Å². The van der Waals surface area contributed by atoms with Crippen LogP contribution in [0.25, 0.3) is 0 Å². The minimum atomic E-state index is -4.37. The number of hydrogen-bond donors (Lipinski definition) is 1. The molecule has 0 aliphatic heterocycles. The van der Waals surface area contributed by atoms with E-state index in [2.05, 4.69) is 13.5 Å². The van der Waals surface area contributed by atoms with Crippen LogP contribution in [0, 0.1) is 0 Å². The van der Waals surface area contributed by atoms with E-state index in [1.54, 1.807) is 0 Å². The van der Waals surface area contributed by atoms with Crippen LogP contribution < -0.4 is 0 Å². The Hall–Kier alpha value is -1.25. The average molecular weight is 887 g/mol. The van der Waals surface area contributed by atoms with Gasteiger partial charge in [-0.25, -0.2) is 4.57 Å². The topological polar surface area (TPSA) is 108 Å². The summed E-state index contributed by atoms with van der Waals surface area (Å²) < 4.78 is 34.5. The van der Waals surface area contributed by atoms with Gasteiger partial charge in [-0.15, -0.1) is 6.58 Å². The third-order valence-corrected chi connectivity index (χ3v) is 12.7. The fourth-order valence-corrected chi connectivity index (χ4v) is 8.39. The van der Waals surface area contributed by atoms with Gasteiger partial charge in [-0.1, -0.05) is 218 Å². The number of hydrogen-bond acceptors (Lipinski definition) is 7. The minimum Gasteiger partial charge on any atom is -0.462 e. The van der Waals surface area contributed by atoms with Gasteiger partial charge in [0.2, 0.25) is 0 Å². The van der Waals surface area contributed by atoms with Crippen LogP contribution in [0.4, 0.5) is 0 Å². The molecule has 0 aromatic carbocycles. The van der Waals surface area contributed by atoms with Crippen molar-refractivity contribution >= 4 is 19.8 Å². The van der Waals surface area contributed by atoms with E-state index in [-0.39, 0.29) is 25.6 Å². The first kappa shape index (κ1) is 59.8. The molecule has 0 radical (unpaired) electrons. The molecule has 0 saturated heterocycles. The summed E-state index contributed by atoms with van der Waals surface area (Å²) in [6.07, 6.45) is 47.3. The molecule has 1 unspecified atom stereocenters. The standard InChI is InChI=1S/C51H100NO8P/c1-6-8-10-12-14-16-18-20-22-23-24-25-26-27-28-30-32-34-36-38-40-42-44-51(54)60-49(48-59-61(55,56)58-46-45-52(3,4)5)47-57-50(53)43-41-39-37-35-33-31-29-21-19-17-15-13-11-9-7-2/h7,49H,2,6,8-48H2,1,3-5H3/p+1/t49-/m1/s1. The molecule has 9 nitrogen and oxygen atoms in total. The second kappa shape index (κ2) is 44.0. The molecule has 0 aliphatic carbocycles. The first-order valence-electron chi connectivity index (χ1n) is 25.9. The van der Waals surface area contributed by atoms with Crippen molar-refractivity contribution in [3.05, 3.63) is 12.7 Å². The molecule has 0 aromatic rings. The van der Waals surface area contributed by atoms with E-state index >= 15 is 0 Å². The van der Waals surface area contributed by atoms with Gasteiger partial charge in [0, 0.05) is 12.8 Å². The van der Waals surface area contributed by atoms with E-state index in [0.717, 1.165) is 38.5 Å². The number of nitrogens with zero attached hydrogens (tertiary/aromatic N) is 1. The highest BCUT2D eigenvalue weighted by Gasteiger charge is 2.27. The summed E-state index contributed by atoms with van der Waals surface area (Å²) >= 11 is 0. The summed E-state index contributed by atoms with van der Waals surface area (Å²) in [7, 11) is 1.49. The molecule has 1 N–H and O–H groups in total. The van der Waals surface area contributed by atoms with Crippen molar-refractivity contribution in [1.82, 2.24) is 0 Å². The molecular weight excluding hydrogens is 786 g/mol. The predicted molar refractivity (Wildman–Crippen MR) is 257 cm³/mol. The molecule has 362 valence electrons. The van der Waals surface area contributed by atoms with Crippen molar-refractivity contribution in [3.8, 4) is 0 Å². The van der Waals surface area contributed by atoms with Gasteiger partial charge in [-0.2, -0.15) is 0 Å². The lowest BCUT2D eigenvalue weighted by molar-refractivity contribution is -0.870. The molecule has 0 spiro atoms. The highest BCUT2D eigenvalue weighted by molar-refractivity contribution is 7.47. The van der Waals surface area contributed by atoms with Crippen LogP contribution in [-0.4, -0.2) is 74.9 Å². The molecule has 0 amide bonds. The summed E-state index contributed by atoms with van der Waals surface area (Å²) in [4.78, 5) is 35.5. The first-order valence-corrected chi connectivity index (χ1v) is 27.4. The number of ether oxygens (including phenoxy) is 2. The summed E-state index contributed by atoms with van der Waals surface area (Å²) in [5.41, 5.74) is 0. The van der Waals surface area contributed by atoms with Crippen molar-refractivity contribution in [1.29, 1.82) is 0 Å². The SMILES string of the molecule is C=CCCCCCCCCCCCCCCCC(=O)OC[C@H](COP(=O)(O)OCC[N+](C)(C)C)OC(=O)CCCCCCCCCCCCCCCCCCCCCCCC. The second-order valence-corrected chi connectivity index (χ2v) is 20.5. The zero-order chi connectivity index (χ0) is 45.0. The molecule has 0 rings (SSSR count). The van der Waals surface area contributed by atoms with E-state index in [4.69, 9.17) is 18.5 Å². The maximum atomic E-state index is 12.8. The van der Waals surface area contributed by atoms with Crippen molar-refractivity contribution in [3.63, 3.8) is 0 Å². The summed E-state index contributed by atoms with van der Waals surface area (Å²) in [5.74, 6) is -0.785. The van der Waals surface area contributed by atoms with Crippen molar-refractivity contribution in [2.75, 3.05) is 47.5 Å². The minimum absolute atomic E-state index is 0.0349. The first-order chi connectivity index (χ1) is 29.5. The summed E-state index contributed by atoms with van der Waals surface area (Å²) in [6.45, 7) is 6.00. The van der Waals surface area contributed by atoms with Gasteiger partial charge >= 0.3 is 19.8 Å². The molecule has 0 aliphatic rings. The quantitative estimate of drug-likeness (QED) is 0.0212. The Morgan fingerprint density at radius 1 is 0.525 bits per heavy atom. The van der Waals surface area contributed by atoms with Crippen LogP contribution >= 0.6 is 7.82 Å². The van der Waals surface area contributed by atoms with Crippen LogP contribution in [0.1, 0.15) is 251 Å². The van der Waals surface area contributed by atoms with Crippen molar-refractivity contribution in [2.45, 2.75) is 257 Å². The molecular formula is C51H101NO8P+. The zero-order valence-corrected chi connectivity index (χ0v) is 41.7. The third-order valence-electron chi connectivity index (χ3n) is 11.7. The van der Waals surface area contributed by atoms with Crippen molar-refractivity contribution in [2.24, 2.45) is 0 Å². The number of allylic oxidation sites excluding steroid dienone is 1. The normalized spacial score (nSPS) is 13.3. The Labute approximate surface area is 377 Å². The number of unbranched alkanes of at least 4 members (excludes halogenated alkanes) is 34. The fourth-order valence-electron chi connectivity index (χ4n) is 7.64. The van der Waals surface area contributed by atoms with Crippen molar-refractivity contribution < 1.29 is 42.1 Å². The molecule has 10 heteroatoms. The molecule has 0 bridgehead atoms. The zero-order valence-electron chi connectivity index (χ0n) is 40.8. The van der Waals surface area contributed by atoms with Gasteiger partial charge in [-0.05, 0) is 25.7 Å². The highest BCUT2D eigenvalue weighted by Crippen LogP contribution is 2.43. The van der Waals surface area contributed by atoms with Crippen LogP contribution in [0.15, 0.2) is 12.7 Å². The number of phosphoric acid groups is 1. The Balaban J connectivity index is 4.16. The van der Waals surface area contributed by atoms with Crippen LogP contribution in [0.5, 0.6) is 0 Å². The Morgan fingerprint density at radius 2 is 0.869 bits per heavy atom. The number of rotatable bonds is 49. The molecule has 0 heterocycles. The maximum Gasteiger partial charge on any atom is 0.472 e. The lowest BCUT2D eigenvalue weighted by atomic mass is 10.0. The Kier molecular flexibility index (Phi) is 43.1. The second-order valence-electron chi connectivity index (χ2n) is 19.0. The monoisotopic (exact) mass is 887 g/mol. The third kappa shape index (κ3) is 48.1. The Morgan fingerprint density at radius 3 is 1.23 bits per heavy atom. The highest BCUT2D eigenvalue weighted by atomic mass is 31.2. The van der Waals surface area contributed by atoms with E-state index in [1.807, 2.05) is 27.2 Å². The number of carbonyl (C=O) groups excluding carboxylic acids is 2. The number of phosphoric ester groups is 1.